The van der Waals surface area contributed by atoms with Crippen molar-refractivity contribution in [2.24, 2.45) is 11.8 Å². The average molecular weight is 557 g/mol. The van der Waals surface area contributed by atoms with Gasteiger partial charge in [-0.1, -0.05) is 46.2 Å². The number of anilines is 1. The molecule has 2 atom stereocenters. The fourth-order valence-corrected chi connectivity index (χ4v) is 3.79. The Bertz CT molecular complexity index is 1090. The molecule has 0 radical (unpaired) electrons. The van der Waals surface area contributed by atoms with Crippen LogP contribution in [0.2, 0.25) is 0 Å². The summed E-state index contributed by atoms with van der Waals surface area (Å²) in [6.07, 6.45) is 4.45. The highest BCUT2D eigenvalue weighted by Crippen LogP contribution is 2.13. The molecule has 1 aliphatic rings. The minimum absolute atomic E-state index is 0.137. The van der Waals surface area contributed by atoms with Crippen LogP contribution in [0.5, 0.6) is 0 Å². The number of imide groups is 1. The number of rotatable bonds is 15. The van der Waals surface area contributed by atoms with Gasteiger partial charge in [0.15, 0.2) is 0 Å². The molecule has 1 aromatic rings. The lowest BCUT2D eigenvalue weighted by Crippen LogP contribution is -2.53. The van der Waals surface area contributed by atoms with E-state index in [0.717, 1.165) is 5.56 Å². The van der Waals surface area contributed by atoms with Crippen LogP contribution < -0.4 is 16.0 Å². The molecule has 1 aliphatic heterocycles. The number of unbranched alkanes of at least 4 members (excludes halogenated alkanes) is 2. The Kier molecular flexibility index (Phi) is 12.5. The van der Waals surface area contributed by atoms with Gasteiger partial charge in [-0.25, -0.2) is 0 Å². The second kappa shape index (κ2) is 15.5. The predicted octanol–water partition coefficient (Wildman–Crippen LogP) is 2.46. The highest BCUT2D eigenvalue weighted by molar-refractivity contribution is 6.12. The van der Waals surface area contributed by atoms with Crippen LogP contribution in [-0.2, 0) is 40.1 Å². The second-order valence-electron chi connectivity index (χ2n) is 10.4. The molecule has 5 amide bonds. The monoisotopic (exact) mass is 556 g/mol. The van der Waals surface area contributed by atoms with E-state index < -0.39 is 23.9 Å². The molecule has 0 saturated heterocycles. The maximum atomic E-state index is 12.9. The Morgan fingerprint density at radius 1 is 0.825 bits per heavy atom. The molecule has 0 aliphatic carbocycles. The lowest BCUT2D eigenvalue weighted by molar-refractivity contribution is -0.148. The van der Waals surface area contributed by atoms with E-state index in [2.05, 4.69) is 16.0 Å². The summed E-state index contributed by atoms with van der Waals surface area (Å²) >= 11 is 0. The van der Waals surface area contributed by atoms with Crippen LogP contribution in [0.4, 0.5) is 5.69 Å². The molecule has 0 bridgehead atoms. The Hall–Kier alpha value is -4.02. The molecule has 0 fully saturated rings. The van der Waals surface area contributed by atoms with Gasteiger partial charge in [0.05, 0.1) is 5.92 Å². The molecular weight excluding hydrogens is 516 g/mol. The predicted molar refractivity (Wildman–Crippen MR) is 148 cm³/mol. The summed E-state index contributed by atoms with van der Waals surface area (Å²) in [5.74, 6) is -2.54. The van der Waals surface area contributed by atoms with E-state index >= 15 is 0 Å². The molecule has 1 unspecified atom stereocenters. The van der Waals surface area contributed by atoms with Gasteiger partial charge in [0.1, 0.15) is 18.7 Å². The molecule has 3 N–H and O–H groups in total. The minimum Gasteiger partial charge on any atom is -0.461 e. The van der Waals surface area contributed by atoms with Crippen LogP contribution in [0.3, 0.4) is 0 Å². The Morgan fingerprint density at radius 2 is 1.45 bits per heavy atom. The summed E-state index contributed by atoms with van der Waals surface area (Å²) in [7, 11) is 0. The third-order valence-electron chi connectivity index (χ3n) is 6.28. The first kappa shape index (κ1) is 32.2. The third-order valence-corrected chi connectivity index (χ3v) is 6.28. The Morgan fingerprint density at radius 3 is 2.02 bits per heavy atom. The van der Waals surface area contributed by atoms with E-state index in [0.29, 0.717) is 31.5 Å². The minimum atomic E-state index is -0.858. The van der Waals surface area contributed by atoms with Gasteiger partial charge in [-0.05, 0) is 43.4 Å². The van der Waals surface area contributed by atoms with E-state index in [4.69, 9.17) is 4.74 Å². The zero-order chi connectivity index (χ0) is 29.8. The largest absolute Gasteiger partial charge is 0.461 e. The van der Waals surface area contributed by atoms with Gasteiger partial charge in [-0.3, -0.25) is 33.7 Å². The topological polar surface area (TPSA) is 151 Å². The highest BCUT2D eigenvalue weighted by Gasteiger charge is 2.27. The number of amides is 5. The molecule has 1 aromatic carbocycles. The number of nitrogens with one attached hydrogen (secondary N) is 3. The zero-order valence-electron chi connectivity index (χ0n) is 23.8. The molecule has 11 nitrogen and oxygen atoms in total. The first-order valence-electron chi connectivity index (χ1n) is 13.6. The normalized spacial score (nSPS) is 14.3. The van der Waals surface area contributed by atoms with Crippen molar-refractivity contribution in [2.45, 2.75) is 79.0 Å². The van der Waals surface area contributed by atoms with Gasteiger partial charge in [-0.15, -0.1) is 0 Å². The Balaban J connectivity index is 1.76. The molecule has 218 valence electrons. The summed E-state index contributed by atoms with van der Waals surface area (Å²) in [6.45, 7) is 9.11. The van der Waals surface area contributed by atoms with Crippen molar-refractivity contribution in [2.75, 3.05) is 11.9 Å². The molecule has 0 spiro atoms. The van der Waals surface area contributed by atoms with Gasteiger partial charge in [0, 0.05) is 30.8 Å². The fourth-order valence-electron chi connectivity index (χ4n) is 3.79. The molecule has 11 heteroatoms. The molecule has 0 aromatic heterocycles. The summed E-state index contributed by atoms with van der Waals surface area (Å²) in [6, 6.07) is 5.16. The first-order valence-corrected chi connectivity index (χ1v) is 13.6. The van der Waals surface area contributed by atoms with Crippen molar-refractivity contribution in [1.29, 1.82) is 0 Å². The molecule has 0 saturated carbocycles. The lowest BCUT2D eigenvalue weighted by atomic mass is 10.0. The van der Waals surface area contributed by atoms with Crippen molar-refractivity contribution >= 4 is 41.2 Å². The zero-order valence-corrected chi connectivity index (χ0v) is 23.8. The van der Waals surface area contributed by atoms with Crippen molar-refractivity contribution in [3.05, 3.63) is 42.0 Å². The Labute approximate surface area is 235 Å². The van der Waals surface area contributed by atoms with Crippen LogP contribution in [0.25, 0.3) is 0 Å². The van der Waals surface area contributed by atoms with Crippen molar-refractivity contribution < 1.29 is 33.5 Å². The van der Waals surface area contributed by atoms with Gasteiger partial charge < -0.3 is 20.7 Å². The van der Waals surface area contributed by atoms with Crippen molar-refractivity contribution in [3.8, 4) is 0 Å². The van der Waals surface area contributed by atoms with Gasteiger partial charge >= 0.3 is 5.97 Å². The number of hydrogen-bond acceptors (Lipinski definition) is 7. The molecule has 40 heavy (non-hydrogen) atoms. The highest BCUT2D eigenvalue weighted by atomic mass is 16.5. The van der Waals surface area contributed by atoms with Crippen molar-refractivity contribution in [3.63, 3.8) is 0 Å². The quantitative estimate of drug-likeness (QED) is 0.171. The number of carbonyl (C=O) groups excluding carboxylic acids is 6. The number of benzene rings is 1. The van der Waals surface area contributed by atoms with Crippen LogP contribution >= 0.6 is 0 Å². The number of nitrogens with zero attached hydrogens (tertiary/aromatic N) is 1. The summed E-state index contributed by atoms with van der Waals surface area (Å²) in [5.41, 5.74) is 1.30. The summed E-state index contributed by atoms with van der Waals surface area (Å²) < 4.78 is 5.19. The van der Waals surface area contributed by atoms with E-state index in [-0.39, 0.29) is 48.6 Å². The number of carbonyl (C=O) groups is 6. The first-order chi connectivity index (χ1) is 18.9. The molecular formula is C29H40N4O7. The maximum absolute atomic E-state index is 12.9. The average Bonchev–Trinajstić information content (AvgIpc) is 3.22. The van der Waals surface area contributed by atoms with E-state index in [1.54, 1.807) is 58.9 Å². The van der Waals surface area contributed by atoms with Crippen LogP contribution in [-0.4, -0.2) is 59.0 Å². The van der Waals surface area contributed by atoms with E-state index in [1.165, 1.54) is 17.1 Å². The molecule has 2 rings (SSSR count). The van der Waals surface area contributed by atoms with Gasteiger partial charge in [-0.2, -0.15) is 0 Å². The second-order valence-corrected chi connectivity index (χ2v) is 10.4. The third kappa shape index (κ3) is 10.3. The molecule has 1 heterocycles. The van der Waals surface area contributed by atoms with Crippen molar-refractivity contribution in [1.82, 2.24) is 15.5 Å². The summed E-state index contributed by atoms with van der Waals surface area (Å²) in [4.78, 5) is 73.9. The smallest absolute Gasteiger partial charge is 0.308 e. The van der Waals surface area contributed by atoms with Crippen LogP contribution in [0.15, 0.2) is 36.4 Å². The maximum Gasteiger partial charge on any atom is 0.308 e. The number of ether oxygens (including phenoxy) is 1. The van der Waals surface area contributed by atoms with Gasteiger partial charge in [0.2, 0.25) is 17.7 Å². The SMILES string of the molecule is CC(C)C(=O)OCc1ccc(NC(=O)[C@H](C)NC(=O)C(NC(=O)CCCCCN2C(=O)C=CC2=O)C(C)C)cc1. The van der Waals surface area contributed by atoms with E-state index in [9.17, 15) is 28.8 Å². The van der Waals surface area contributed by atoms with E-state index in [1.807, 2.05) is 0 Å². The number of hydrogen-bond donors (Lipinski definition) is 3. The van der Waals surface area contributed by atoms with Crippen LogP contribution in [0.1, 0.15) is 65.9 Å². The summed E-state index contributed by atoms with van der Waals surface area (Å²) in [5, 5.41) is 8.13. The number of esters is 1. The van der Waals surface area contributed by atoms with Crippen LogP contribution in [0, 0.1) is 11.8 Å². The van der Waals surface area contributed by atoms with Gasteiger partial charge in [0.25, 0.3) is 11.8 Å². The standard InChI is InChI=1S/C29H40N4O7/c1-18(2)26(32-23(34)9-7-6-8-16-33-24(35)14-15-25(33)36)28(38)30-20(5)27(37)31-22-12-10-21(11-13-22)17-40-29(39)19(3)4/h10-15,18-20,26H,6-9,16-17H2,1-5H3,(H,30,38)(H,31,37)(H,32,34)/t20-,26?/m0/s1. The fraction of sp³-hybridized carbons (Fsp3) is 0.517. The lowest BCUT2D eigenvalue weighted by Gasteiger charge is -2.24.